The Labute approximate surface area is 132 Å². The van der Waals surface area contributed by atoms with Crippen LogP contribution in [0.5, 0.6) is 0 Å². The van der Waals surface area contributed by atoms with Gasteiger partial charge in [-0.3, -0.25) is 0 Å². The zero-order valence-corrected chi connectivity index (χ0v) is 14.9. The number of nitrogens with two attached hydrogens (primary N) is 2. The van der Waals surface area contributed by atoms with Gasteiger partial charge in [0.15, 0.2) is 0 Å². The Morgan fingerprint density at radius 1 is 0.810 bits per heavy atom. The van der Waals surface area contributed by atoms with Gasteiger partial charge >= 0.3 is 0 Å². The molecule has 4 N–H and O–H groups in total. The highest BCUT2D eigenvalue weighted by atomic mass is 15.0. The van der Waals surface area contributed by atoms with E-state index in [9.17, 15) is 0 Å². The lowest BCUT2D eigenvalue weighted by Gasteiger charge is -2.49. The summed E-state index contributed by atoms with van der Waals surface area (Å²) in [5.41, 5.74) is 12.3. The fourth-order valence-corrected chi connectivity index (χ4v) is 5.66. The summed E-state index contributed by atoms with van der Waals surface area (Å²) >= 11 is 0. The van der Waals surface area contributed by atoms with Gasteiger partial charge in [0.2, 0.25) is 0 Å². The molecule has 0 spiro atoms. The maximum atomic E-state index is 6.37. The first kappa shape index (κ1) is 17.3. The van der Waals surface area contributed by atoms with Crippen LogP contribution in [0.25, 0.3) is 0 Å². The van der Waals surface area contributed by atoms with Crippen molar-refractivity contribution >= 4 is 0 Å². The molecule has 2 rings (SSSR count). The van der Waals surface area contributed by atoms with E-state index in [2.05, 4.69) is 34.6 Å². The molecule has 5 unspecified atom stereocenters. The summed E-state index contributed by atoms with van der Waals surface area (Å²) in [5, 5.41) is 0. The van der Waals surface area contributed by atoms with Crippen molar-refractivity contribution in [3.8, 4) is 0 Å². The normalized spacial score (nSPS) is 45.3. The molecule has 0 aromatic rings. The van der Waals surface area contributed by atoms with E-state index in [1.165, 1.54) is 38.5 Å². The van der Waals surface area contributed by atoms with Crippen molar-refractivity contribution in [3.63, 3.8) is 0 Å². The molecule has 2 aliphatic carbocycles. The molecule has 0 aromatic carbocycles. The first-order valence-corrected chi connectivity index (χ1v) is 9.33. The molecule has 0 amide bonds. The minimum absolute atomic E-state index is 0.443. The second-order valence-corrected chi connectivity index (χ2v) is 8.78. The second-order valence-electron chi connectivity index (χ2n) is 8.78. The van der Waals surface area contributed by atoms with E-state index in [-0.39, 0.29) is 0 Å². The average molecular weight is 295 g/mol. The van der Waals surface area contributed by atoms with Crippen LogP contribution in [0.1, 0.15) is 73.1 Å². The van der Waals surface area contributed by atoms with Gasteiger partial charge in [-0.25, -0.2) is 0 Å². The van der Waals surface area contributed by atoms with Gasteiger partial charge in [0.1, 0.15) is 0 Å². The largest absolute Gasteiger partial charge is 0.313 e. The molecule has 0 radical (unpaired) electrons. The van der Waals surface area contributed by atoms with E-state index in [4.69, 9.17) is 11.5 Å². The highest BCUT2D eigenvalue weighted by Gasteiger charge is 2.44. The number of hydrogen-bond donors (Lipinski definition) is 2. The molecule has 21 heavy (non-hydrogen) atoms. The summed E-state index contributed by atoms with van der Waals surface area (Å²) in [6, 6.07) is 0. The molecule has 2 heteroatoms. The topological polar surface area (TPSA) is 52.0 Å². The van der Waals surface area contributed by atoms with Crippen LogP contribution in [0.4, 0.5) is 0 Å². The maximum Gasteiger partial charge on any atom is 0.0689 e. The predicted octanol–water partition coefficient (Wildman–Crippen LogP) is 4.38. The third-order valence-electron chi connectivity index (χ3n) is 6.92. The molecular formula is C19H38N2. The molecule has 0 heterocycles. The van der Waals surface area contributed by atoms with Crippen molar-refractivity contribution < 1.29 is 0 Å². The highest BCUT2D eigenvalue weighted by molar-refractivity contribution is 4.97. The fourth-order valence-electron chi connectivity index (χ4n) is 5.66. The van der Waals surface area contributed by atoms with Crippen molar-refractivity contribution in [1.82, 2.24) is 0 Å². The predicted molar refractivity (Wildman–Crippen MR) is 91.6 cm³/mol. The maximum absolute atomic E-state index is 6.37. The Hall–Kier alpha value is -0.0800. The first-order chi connectivity index (χ1) is 9.75. The molecule has 2 saturated carbocycles. The quantitative estimate of drug-likeness (QED) is 0.759. The standard InChI is InChI=1S/C19H38N2/c1-6-18(16-8-12(2)7-13(3)9-16)17-10-14(4)19(20,21)15(5)11-17/h12-18H,6-11,20-21H2,1-5H3. The number of rotatable bonds is 3. The van der Waals surface area contributed by atoms with Crippen LogP contribution in [0.15, 0.2) is 0 Å². The Morgan fingerprint density at radius 2 is 1.24 bits per heavy atom. The molecule has 124 valence electrons. The summed E-state index contributed by atoms with van der Waals surface area (Å²) in [6.45, 7) is 11.8. The van der Waals surface area contributed by atoms with Crippen molar-refractivity contribution in [2.24, 2.45) is 52.9 Å². The second kappa shape index (κ2) is 6.58. The van der Waals surface area contributed by atoms with Gasteiger partial charge in [-0.1, -0.05) is 41.0 Å². The minimum atomic E-state index is -0.456. The summed E-state index contributed by atoms with van der Waals surface area (Å²) < 4.78 is 0. The molecule has 5 atom stereocenters. The Balaban J connectivity index is 2.07. The van der Waals surface area contributed by atoms with Crippen LogP contribution >= 0.6 is 0 Å². The van der Waals surface area contributed by atoms with Gasteiger partial charge in [0.05, 0.1) is 5.66 Å². The number of hydrogen-bond acceptors (Lipinski definition) is 2. The highest BCUT2D eigenvalue weighted by Crippen LogP contribution is 2.47. The molecular weight excluding hydrogens is 256 g/mol. The zero-order chi connectivity index (χ0) is 15.8. The Kier molecular flexibility index (Phi) is 5.41. The van der Waals surface area contributed by atoms with E-state index in [1.54, 1.807) is 0 Å². The third kappa shape index (κ3) is 3.64. The van der Waals surface area contributed by atoms with Crippen molar-refractivity contribution in [2.75, 3.05) is 0 Å². The smallest absolute Gasteiger partial charge is 0.0689 e. The molecule has 0 aromatic heterocycles. The Morgan fingerprint density at radius 3 is 1.67 bits per heavy atom. The molecule has 2 aliphatic rings. The zero-order valence-electron chi connectivity index (χ0n) is 14.9. The molecule has 0 aliphatic heterocycles. The van der Waals surface area contributed by atoms with Crippen LogP contribution in [0.2, 0.25) is 0 Å². The average Bonchev–Trinajstić information content (AvgIpc) is 2.36. The van der Waals surface area contributed by atoms with Gasteiger partial charge in [0.25, 0.3) is 0 Å². The molecule has 2 fully saturated rings. The van der Waals surface area contributed by atoms with Gasteiger partial charge < -0.3 is 11.5 Å². The lowest BCUT2D eigenvalue weighted by molar-refractivity contribution is 0.0298. The third-order valence-corrected chi connectivity index (χ3v) is 6.92. The van der Waals surface area contributed by atoms with E-state index in [1.807, 2.05) is 0 Å². The van der Waals surface area contributed by atoms with Crippen LogP contribution < -0.4 is 11.5 Å². The fraction of sp³-hybridized carbons (Fsp3) is 1.00. The van der Waals surface area contributed by atoms with E-state index in [0.29, 0.717) is 11.8 Å². The van der Waals surface area contributed by atoms with Crippen LogP contribution in [-0.4, -0.2) is 5.66 Å². The van der Waals surface area contributed by atoms with Gasteiger partial charge in [-0.2, -0.15) is 0 Å². The van der Waals surface area contributed by atoms with Crippen molar-refractivity contribution in [1.29, 1.82) is 0 Å². The summed E-state index contributed by atoms with van der Waals surface area (Å²) in [5.74, 6) is 5.36. The van der Waals surface area contributed by atoms with Gasteiger partial charge in [0, 0.05) is 0 Å². The SMILES string of the molecule is CCC(C1CC(C)CC(C)C1)C1CC(C)C(N)(N)C(C)C1. The molecule has 0 saturated heterocycles. The van der Waals surface area contributed by atoms with Crippen LogP contribution in [-0.2, 0) is 0 Å². The molecule has 2 nitrogen and oxygen atoms in total. The minimum Gasteiger partial charge on any atom is -0.313 e. The van der Waals surface area contributed by atoms with Crippen LogP contribution in [0.3, 0.4) is 0 Å². The van der Waals surface area contributed by atoms with Gasteiger partial charge in [-0.05, 0) is 73.5 Å². The molecule has 0 bridgehead atoms. The van der Waals surface area contributed by atoms with Crippen LogP contribution in [0, 0.1) is 41.4 Å². The van der Waals surface area contributed by atoms with E-state index >= 15 is 0 Å². The van der Waals surface area contributed by atoms with Gasteiger partial charge in [-0.15, -0.1) is 0 Å². The van der Waals surface area contributed by atoms with Crippen molar-refractivity contribution in [3.05, 3.63) is 0 Å². The summed E-state index contributed by atoms with van der Waals surface area (Å²) in [4.78, 5) is 0. The summed E-state index contributed by atoms with van der Waals surface area (Å²) in [7, 11) is 0. The van der Waals surface area contributed by atoms with E-state index < -0.39 is 5.66 Å². The van der Waals surface area contributed by atoms with E-state index in [0.717, 1.165) is 29.6 Å². The first-order valence-electron chi connectivity index (χ1n) is 9.33. The lowest BCUT2D eigenvalue weighted by Crippen LogP contribution is -2.62. The monoisotopic (exact) mass is 294 g/mol. The van der Waals surface area contributed by atoms with Crippen molar-refractivity contribution in [2.45, 2.75) is 78.8 Å². The lowest BCUT2D eigenvalue weighted by atomic mass is 9.60. The Bertz CT molecular complexity index is 314. The summed E-state index contributed by atoms with van der Waals surface area (Å²) in [6.07, 6.45) is 8.11.